The molecule has 23 heavy (non-hydrogen) atoms. The van der Waals surface area contributed by atoms with Crippen molar-refractivity contribution in [1.82, 2.24) is 0 Å². The van der Waals surface area contributed by atoms with Crippen LogP contribution in [0.1, 0.15) is 6.92 Å². The molecular formula is C17H13ClO4S. The number of benzene rings is 2. The molecule has 0 saturated heterocycles. The zero-order chi connectivity index (χ0) is 16.4. The Morgan fingerprint density at radius 3 is 2.78 bits per heavy atom. The standard InChI is InChI=1S/C17H13ClO4S/c1-2-21-14(19)9-22-12-8-7-11(18)15-16(20)10-5-3-4-6-13(10)23-17(12)15/h3-8H,2,9H2,1H3. The minimum absolute atomic E-state index is 0.138. The summed E-state index contributed by atoms with van der Waals surface area (Å²) in [7, 11) is 0. The van der Waals surface area contributed by atoms with Gasteiger partial charge in [0, 0.05) is 10.1 Å². The van der Waals surface area contributed by atoms with Crippen molar-refractivity contribution in [3.05, 3.63) is 51.6 Å². The summed E-state index contributed by atoms with van der Waals surface area (Å²) in [6, 6.07) is 10.6. The fourth-order valence-electron chi connectivity index (χ4n) is 2.29. The predicted molar refractivity (Wildman–Crippen MR) is 92.7 cm³/mol. The summed E-state index contributed by atoms with van der Waals surface area (Å²) in [4.78, 5) is 24.1. The van der Waals surface area contributed by atoms with Crippen molar-refractivity contribution in [3.8, 4) is 5.75 Å². The summed E-state index contributed by atoms with van der Waals surface area (Å²) in [5.41, 5.74) is -0.138. The number of halogens is 1. The molecule has 0 amide bonds. The van der Waals surface area contributed by atoms with Gasteiger partial charge < -0.3 is 9.47 Å². The quantitative estimate of drug-likeness (QED) is 0.528. The highest BCUT2D eigenvalue weighted by Gasteiger charge is 2.14. The molecule has 0 unspecified atom stereocenters. The molecule has 3 aromatic rings. The van der Waals surface area contributed by atoms with E-state index in [0.717, 1.165) is 4.70 Å². The van der Waals surface area contributed by atoms with Crippen molar-refractivity contribution >= 4 is 49.1 Å². The number of esters is 1. The number of ether oxygens (including phenoxy) is 2. The molecule has 1 aromatic heterocycles. The maximum absolute atomic E-state index is 12.7. The lowest BCUT2D eigenvalue weighted by Gasteiger charge is -2.10. The van der Waals surface area contributed by atoms with Crippen molar-refractivity contribution in [2.75, 3.05) is 13.2 Å². The van der Waals surface area contributed by atoms with Crippen molar-refractivity contribution in [1.29, 1.82) is 0 Å². The van der Waals surface area contributed by atoms with Crippen LogP contribution in [0.25, 0.3) is 20.2 Å². The second kappa shape index (κ2) is 6.56. The molecule has 0 saturated carbocycles. The van der Waals surface area contributed by atoms with Gasteiger partial charge in [-0.05, 0) is 31.2 Å². The molecule has 6 heteroatoms. The second-order valence-electron chi connectivity index (χ2n) is 4.77. The number of rotatable bonds is 4. The molecule has 0 bridgehead atoms. The van der Waals surface area contributed by atoms with E-state index in [4.69, 9.17) is 21.1 Å². The summed E-state index contributed by atoms with van der Waals surface area (Å²) in [5, 5.41) is 1.40. The first-order valence-electron chi connectivity index (χ1n) is 7.04. The van der Waals surface area contributed by atoms with Crippen LogP contribution in [0.3, 0.4) is 0 Å². The fraction of sp³-hybridized carbons (Fsp3) is 0.176. The number of hydrogen-bond donors (Lipinski definition) is 0. The molecule has 118 valence electrons. The number of carbonyl (C=O) groups is 1. The van der Waals surface area contributed by atoms with Crippen molar-refractivity contribution in [2.45, 2.75) is 6.92 Å². The molecule has 0 N–H and O–H groups in total. The molecule has 0 aliphatic heterocycles. The Balaban J connectivity index is 2.15. The maximum atomic E-state index is 12.7. The Hall–Kier alpha value is -2.11. The van der Waals surface area contributed by atoms with Gasteiger partial charge in [0.25, 0.3) is 0 Å². The number of fused-ring (bicyclic) bond motifs is 2. The summed E-state index contributed by atoms with van der Waals surface area (Å²) in [6.45, 7) is 1.81. The van der Waals surface area contributed by atoms with Gasteiger partial charge in [-0.2, -0.15) is 0 Å². The zero-order valence-electron chi connectivity index (χ0n) is 12.3. The molecule has 2 aromatic carbocycles. The Morgan fingerprint density at radius 1 is 1.22 bits per heavy atom. The normalized spacial score (nSPS) is 10.9. The number of carbonyl (C=O) groups excluding carboxylic acids is 1. The molecule has 4 nitrogen and oxygen atoms in total. The fourth-order valence-corrected chi connectivity index (χ4v) is 3.76. The average molecular weight is 349 g/mol. The van der Waals surface area contributed by atoms with E-state index in [1.807, 2.05) is 18.2 Å². The van der Waals surface area contributed by atoms with Crippen LogP contribution in [0.2, 0.25) is 5.02 Å². The van der Waals surface area contributed by atoms with E-state index in [-0.39, 0.29) is 12.0 Å². The summed E-state index contributed by atoms with van der Waals surface area (Å²) in [5.74, 6) is -0.00552. The predicted octanol–water partition coefficient (Wildman–Crippen LogP) is 4.01. The van der Waals surface area contributed by atoms with E-state index in [1.54, 1.807) is 25.1 Å². The smallest absolute Gasteiger partial charge is 0.344 e. The van der Waals surface area contributed by atoms with E-state index in [9.17, 15) is 9.59 Å². The van der Waals surface area contributed by atoms with Crippen LogP contribution < -0.4 is 10.2 Å². The Bertz CT molecular complexity index is 948. The van der Waals surface area contributed by atoms with Gasteiger partial charge in [-0.1, -0.05) is 23.7 Å². The molecule has 0 aliphatic carbocycles. The Kier molecular flexibility index (Phi) is 4.50. The summed E-state index contributed by atoms with van der Waals surface area (Å²) < 4.78 is 11.8. The molecule has 0 atom stereocenters. The highest BCUT2D eigenvalue weighted by molar-refractivity contribution is 7.25. The molecule has 0 aliphatic rings. The van der Waals surface area contributed by atoms with Gasteiger partial charge in [0.2, 0.25) is 0 Å². The minimum atomic E-state index is -0.455. The van der Waals surface area contributed by atoms with Crippen molar-refractivity contribution in [3.63, 3.8) is 0 Å². The van der Waals surface area contributed by atoms with Gasteiger partial charge in [0.05, 0.1) is 21.7 Å². The first-order chi connectivity index (χ1) is 11.1. The first-order valence-corrected chi connectivity index (χ1v) is 8.23. The summed E-state index contributed by atoms with van der Waals surface area (Å²) in [6.07, 6.45) is 0. The Labute approximate surface area is 141 Å². The lowest BCUT2D eigenvalue weighted by Crippen LogP contribution is -2.14. The van der Waals surface area contributed by atoms with Gasteiger partial charge in [-0.25, -0.2) is 4.79 Å². The van der Waals surface area contributed by atoms with E-state index >= 15 is 0 Å². The van der Waals surface area contributed by atoms with E-state index in [1.165, 1.54) is 11.3 Å². The van der Waals surface area contributed by atoms with Crippen LogP contribution in [-0.2, 0) is 9.53 Å². The number of hydrogen-bond acceptors (Lipinski definition) is 5. The van der Waals surface area contributed by atoms with Crippen LogP contribution in [0.5, 0.6) is 5.75 Å². The maximum Gasteiger partial charge on any atom is 0.344 e. The molecule has 3 rings (SSSR count). The van der Waals surface area contributed by atoms with Gasteiger partial charge in [-0.3, -0.25) is 4.79 Å². The first kappa shape index (κ1) is 15.8. The van der Waals surface area contributed by atoms with Crippen LogP contribution in [-0.4, -0.2) is 19.2 Å². The largest absolute Gasteiger partial charge is 0.480 e. The van der Waals surface area contributed by atoms with Gasteiger partial charge in [-0.15, -0.1) is 11.3 Å². The molecule has 0 radical (unpaired) electrons. The third-order valence-electron chi connectivity index (χ3n) is 3.29. The summed E-state index contributed by atoms with van der Waals surface area (Å²) >= 11 is 7.62. The third-order valence-corrected chi connectivity index (χ3v) is 4.79. The lowest BCUT2D eigenvalue weighted by molar-refractivity contribution is -0.145. The highest BCUT2D eigenvalue weighted by Crippen LogP contribution is 2.35. The highest BCUT2D eigenvalue weighted by atomic mass is 35.5. The van der Waals surface area contributed by atoms with E-state index in [2.05, 4.69) is 0 Å². The average Bonchev–Trinajstić information content (AvgIpc) is 2.54. The SMILES string of the molecule is CCOC(=O)COc1ccc(Cl)c2c(=O)c3ccccc3sc12. The molecule has 1 heterocycles. The molecular weight excluding hydrogens is 336 g/mol. The lowest BCUT2D eigenvalue weighted by atomic mass is 10.2. The topological polar surface area (TPSA) is 52.6 Å². The third kappa shape index (κ3) is 3.02. The monoisotopic (exact) mass is 348 g/mol. The van der Waals surface area contributed by atoms with Gasteiger partial charge in [0.1, 0.15) is 5.75 Å². The van der Waals surface area contributed by atoms with E-state index in [0.29, 0.717) is 32.9 Å². The van der Waals surface area contributed by atoms with Crippen LogP contribution in [0, 0.1) is 0 Å². The van der Waals surface area contributed by atoms with Gasteiger partial charge in [0.15, 0.2) is 12.0 Å². The van der Waals surface area contributed by atoms with Crippen LogP contribution >= 0.6 is 22.9 Å². The van der Waals surface area contributed by atoms with E-state index < -0.39 is 5.97 Å². The van der Waals surface area contributed by atoms with Crippen LogP contribution in [0.4, 0.5) is 0 Å². The Morgan fingerprint density at radius 2 is 2.00 bits per heavy atom. The van der Waals surface area contributed by atoms with Crippen molar-refractivity contribution in [2.24, 2.45) is 0 Å². The second-order valence-corrected chi connectivity index (χ2v) is 6.23. The zero-order valence-corrected chi connectivity index (χ0v) is 13.9. The molecule has 0 fully saturated rings. The van der Waals surface area contributed by atoms with Crippen LogP contribution in [0.15, 0.2) is 41.2 Å². The minimum Gasteiger partial charge on any atom is -0.480 e. The van der Waals surface area contributed by atoms with Gasteiger partial charge >= 0.3 is 5.97 Å². The van der Waals surface area contributed by atoms with Crippen molar-refractivity contribution < 1.29 is 14.3 Å². The molecule has 0 spiro atoms.